The first kappa shape index (κ1) is 24.7. The van der Waals surface area contributed by atoms with Gasteiger partial charge in [-0.3, -0.25) is 9.69 Å². The number of amides is 1. The van der Waals surface area contributed by atoms with E-state index in [0.717, 1.165) is 6.07 Å². The maximum absolute atomic E-state index is 14.2. The number of nitrogens with one attached hydrogen (secondary N) is 1. The molecule has 4 rings (SSSR count). The molecule has 1 aliphatic rings. The third-order valence-corrected chi connectivity index (χ3v) is 5.96. The predicted octanol–water partition coefficient (Wildman–Crippen LogP) is 4.25. The van der Waals surface area contributed by atoms with Crippen LogP contribution >= 0.6 is 11.6 Å². The molecular formula is C25H26ClFN4O4. The van der Waals surface area contributed by atoms with Crippen LogP contribution in [0.15, 0.2) is 42.7 Å². The average molecular weight is 501 g/mol. The molecule has 1 aromatic carbocycles. The fourth-order valence-corrected chi connectivity index (χ4v) is 4.36. The van der Waals surface area contributed by atoms with E-state index >= 15 is 0 Å². The Kier molecular flexibility index (Phi) is 7.09. The number of benzene rings is 1. The van der Waals surface area contributed by atoms with Crippen molar-refractivity contribution >= 4 is 35.0 Å². The largest absolute Gasteiger partial charge is 0.464 e. The standard InChI is InChI=1S/C25H26ClFN4O4/c1-4-35-25(34)22-12-30-11-16(18-9-23(29-14(2)3)28-10-19(18)26)7-21(30)24(33)31(22)20-8-17(27)6-5-15(20)13-32/h5-11,14,22,32H,4,12-13H2,1-3H3,(H,28,29). The van der Waals surface area contributed by atoms with Gasteiger partial charge in [-0.2, -0.15) is 0 Å². The van der Waals surface area contributed by atoms with Crippen LogP contribution in [-0.2, 0) is 22.7 Å². The molecule has 0 radical (unpaired) electrons. The summed E-state index contributed by atoms with van der Waals surface area (Å²) in [6.07, 6.45) is 3.28. The highest BCUT2D eigenvalue weighted by Gasteiger charge is 2.40. The van der Waals surface area contributed by atoms with E-state index in [1.54, 1.807) is 29.8 Å². The molecule has 184 valence electrons. The van der Waals surface area contributed by atoms with Crippen LogP contribution in [0, 0.1) is 5.82 Å². The summed E-state index contributed by atoms with van der Waals surface area (Å²) in [5.41, 5.74) is 2.06. The van der Waals surface area contributed by atoms with Crippen molar-refractivity contribution in [3.8, 4) is 11.1 Å². The van der Waals surface area contributed by atoms with Gasteiger partial charge in [-0.15, -0.1) is 0 Å². The monoisotopic (exact) mass is 500 g/mol. The molecule has 2 aromatic heterocycles. The third-order valence-electron chi connectivity index (χ3n) is 5.65. The number of esters is 1. The number of pyridine rings is 1. The average Bonchev–Trinajstić information content (AvgIpc) is 3.24. The van der Waals surface area contributed by atoms with E-state index in [1.807, 2.05) is 13.8 Å². The van der Waals surface area contributed by atoms with Crippen molar-refractivity contribution in [2.24, 2.45) is 0 Å². The van der Waals surface area contributed by atoms with Gasteiger partial charge < -0.3 is 19.7 Å². The number of fused-ring (bicyclic) bond motifs is 1. The molecule has 1 unspecified atom stereocenters. The number of aliphatic hydroxyl groups is 1. The second-order valence-corrected chi connectivity index (χ2v) is 8.90. The highest BCUT2D eigenvalue weighted by atomic mass is 35.5. The lowest BCUT2D eigenvalue weighted by Crippen LogP contribution is -2.53. The molecule has 1 atom stereocenters. The van der Waals surface area contributed by atoms with Gasteiger partial charge in [0.05, 0.1) is 30.5 Å². The number of anilines is 2. The maximum atomic E-state index is 14.2. The minimum Gasteiger partial charge on any atom is -0.464 e. The summed E-state index contributed by atoms with van der Waals surface area (Å²) < 4.78 is 21.1. The molecule has 0 saturated heterocycles. The summed E-state index contributed by atoms with van der Waals surface area (Å²) >= 11 is 6.43. The Labute approximate surface area is 207 Å². The second kappa shape index (κ2) is 10.1. The second-order valence-electron chi connectivity index (χ2n) is 8.49. The summed E-state index contributed by atoms with van der Waals surface area (Å²) in [6.45, 7) is 5.42. The summed E-state index contributed by atoms with van der Waals surface area (Å²) in [6, 6.07) is 6.30. The molecule has 0 saturated carbocycles. The number of hydrogen-bond donors (Lipinski definition) is 2. The molecule has 2 N–H and O–H groups in total. The number of nitrogens with zero attached hydrogens (tertiary/aromatic N) is 3. The molecule has 0 spiro atoms. The van der Waals surface area contributed by atoms with Gasteiger partial charge in [0, 0.05) is 35.1 Å². The summed E-state index contributed by atoms with van der Waals surface area (Å²) in [4.78, 5) is 32.1. The Morgan fingerprint density at radius 3 is 2.80 bits per heavy atom. The van der Waals surface area contributed by atoms with Crippen molar-refractivity contribution in [1.29, 1.82) is 0 Å². The van der Waals surface area contributed by atoms with Crippen molar-refractivity contribution in [2.45, 2.75) is 46.0 Å². The minimum atomic E-state index is -1.05. The highest BCUT2D eigenvalue weighted by molar-refractivity contribution is 6.33. The molecule has 8 nitrogen and oxygen atoms in total. The van der Waals surface area contributed by atoms with Crippen molar-refractivity contribution in [3.05, 3.63) is 64.8 Å². The molecule has 35 heavy (non-hydrogen) atoms. The summed E-state index contributed by atoms with van der Waals surface area (Å²) in [7, 11) is 0. The van der Waals surface area contributed by atoms with Crippen molar-refractivity contribution in [3.63, 3.8) is 0 Å². The number of aliphatic hydroxyl groups excluding tert-OH is 1. The van der Waals surface area contributed by atoms with Gasteiger partial charge in [0.25, 0.3) is 5.91 Å². The van der Waals surface area contributed by atoms with E-state index in [1.165, 1.54) is 23.2 Å². The van der Waals surface area contributed by atoms with Gasteiger partial charge in [0.2, 0.25) is 0 Å². The van der Waals surface area contributed by atoms with Crippen LogP contribution in [0.4, 0.5) is 15.9 Å². The lowest BCUT2D eigenvalue weighted by molar-refractivity contribution is -0.145. The van der Waals surface area contributed by atoms with Crippen LogP contribution in [0.3, 0.4) is 0 Å². The maximum Gasteiger partial charge on any atom is 0.331 e. The minimum absolute atomic E-state index is 0.0844. The van der Waals surface area contributed by atoms with Gasteiger partial charge in [-0.25, -0.2) is 14.2 Å². The van der Waals surface area contributed by atoms with E-state index in [0.29, 0.717) is 33.2 Å². The Hall–Kier alpha value is -3.43. The third kappa shape index (κ3) is 4.87. The topological polar surface area (TPSA) is 96.7 Å². The highest BCUT2D eigenvalue weighted by Crippen LogP contribution is 2.35. The van der Waals surface area contributed by atoms with E-state index in [-0.39, 0.29) is 24.9 Å². The number of carbonyl (C=O) groups is 2. The molecule has 3 heterocycles. The quantitative estimate of drug-likeness (QED) is 0.471. The smallest absolute Gasteiger partial charge is 0.331 e. The van der Waals surface area contributed by atoms with E-state index in [9.17, 15) is 19.1 Å². The molecular weight excluding hydrogens is 475 g/mol. The zero-order valence-electron chi connectivity index (χ0n) is 19.6. The molecule has 1 aliphatic heterocycles. The van der Waals surface area contributed by atoms with Crippen molar-refractivity contribution < 1.29 is 23.8 Å². The zero-order valence-corrected chi connectivity index (χ0v) is 20.3. The van der Waals surface area contributed by atoms with E-state index in [4.69, 9.17) is 16.3 Å². The Morgan fingerprint density at radius 2 is 2.11 bits per heavy atom. The van der Waals surface area contributed by atoms with Crippen LogP contribution < -0.4 is 10.2 Å². The normalized spacial score (nSPS) is 15.3. The number of rotatable bonds is 7. The van der Waals surface area contributed by atoms with Crippen LogP contribution in [0.1, 0.15) is 36.8 Å². The lowest BCUT2D eigenvalue weighted by atomic mass is 10.1. The van der Waals surface area contributed by atoms with Crippen LogP contribution in [0.25, 0.3) is 11.1 Å². The van der Waals surface area contributed by atoms with E-state index in [2.05, 4.69) is 10.3 Å². The first-order valence-corrected chi connectivity index (χ1v) is 11.6. The lowest BCUT2D eigenvalue weighted by Gasteiger charge is -2.35. The predicted molar refractivity (Wildman–Crippen MR) is 131 cm³/mol. The van der Waals surface area contributed by atoms with Crippen LogP contribution in [-0.4, -0.2) is 45.2 Å². The SMILES string of the molecule is CCOC(=O)C1Cn2cc(-c3cc(NC(C)C)ncc3Cl)cc2C(=O)N1c1cc(F)ccc1CO. The van der Waals surface area contributed by atoms with Crippen LogP contribution in [0.5, 0.6) is 0 Å². The number of carbonyl (C=O) groups excluding carboxylic acids is 2. The molecule has 0 bridgehead atoms. The van der Waals surface area contributed by atoms with Gasteiger partial charge >= 0.3 is 5.97 Å². The molecule has 10 heteroatoms. The first-order chi connectivity index (χ1) is 16.7. The van der Waals surface area contributed by atoms with Gasteiger partial charge in [-0.05, 0) is 45.0 Å². The van der Waals surface area contributed by atoms with Gasteiger partial charge in [0.1, 0.15) is 17.3 Å². The van der Waals surface area contributed by atoms with Gasteiger partial charge in [0.15, 0.2) is 6.04 Å². The fourth-order valence-electron chi connectivity index (χ4n) is 4.15. The fraction of sp³-hybridized carbons (Fsp3) is 0.320. The molecule has 0 fully saturated rings. The Bertz CT molecular complexity index is 1280. The summed E-state index contributed by atoms with van der Waals surface area (Å²) in [5, 5.41) is 13.4. The van der Waals surface area contributed by atoms with Gasteiger partial charge in [-0.1, -0.05) is 17.7 Å². The van der Waals surface area contributed by atoms with Crippen molar-refractivity contribution in [1.82, 2.24) is 9.55 Å². The Morgan fingerprint density at radius 1 is 1.34 bits per heavy atom. The number of aromatic nitrogens is 2. The zero-order chi connectivity index (χ0) is 25.3. The van der Waals surface area contributed by atoms with Crippen LogP contribution in [0.2, 0.25) is 5.02 Å². The Balaban J connectivity index is 1.81. The molecule has 3 aromatic rings. The summed E-state index contributed by atoms with van der Waals surface area (Å²) in [5.74, 6) is -1.11. The van der Waals surface area contributed by atoms with E-state index < -0.39 is 30.3 Å². The molecule has 1 amide bonds. The number of ether oxygens (including phenoxy) is 1. The molecule has 0 aliphatic carbocycles. The van der Waals surface area contributed by atoms with Crippen molar-refractivity contribution in [2.75, 3.05) is 16.8 Å². The number of halogens is 2. The number of hydrogen-bond acceptors (Lipinski definition) is 6. The first-order valence-electron chi connectivity index (χ1n) is 11.3.